The van der Waals surface area contributed by atoms with E-state index in [4.69, 9.17) is 4.74 Å². The highest BCUT2D eigenvalue weighted by molar-refractivity contribution is 5.03. The van der Waals surface area contributed by atoms with Gasteiger partial charge in [-0.05, 0) is 13.0 Å². The van der Waals surface area contributed by atoms with Crippen LogP contribution in [0.25, 0.3) is 0 Å². The van der Waals surface area contributed by atoms with Gasteiger partial charge in [-0.2, -0.15) is 0 Å². The van der Waals surface area contributed by atoms with Crippen molar-refractivity contribution in [1.29, 1.82) is 0 Å². The predicted molar refractivity (Wildman–Crippen MR) is 35.4 cm³/mol. The average Bonchev–Trinajstić information content (AvgIpc) is 1.59. The van der Waals surface area contributed by atoms with Crippen molar-refractivity contribution in [2.24, 2.45) is 0 Å². The van der Waals surface area contributed by atoms with E-state index in [2.05, 4.69) is 11.8 Å². The molecule has 0 amide bonds. The minimum Gasteiger partial charge on any atom is -0.377 e. The van der Waals surface area contributed by atoms with Gasteiger partial charge in [0.1, 0.15) is 0 Å². The van der Waals surface area contributed by atoms with E-state index in [1.54, 1.807) is 0 Å². The first-order valence-corrected chi connectivity index (χ1v) is 3.70. The Balaban J connectivity index is 1.97. The number of nitrogens with zero attached hydrogens (tertiary/aromatic N) is 1. The molecule has 9 heavy (non-hydrogen) atoms. The number of hydrogen-bond acceptors (Lipinski definition) is 2. The molecule has 0 unspecified atom stereocenters. The summed E-state index contributed by atoms with van der Waals surface area (Å²) in [6, 6.07) is 0. The molecule has 1 spiro atoms. The van der Waals surface area contributed by atoms with Crippen LogP contribution < -0.4 is 0 Å². The number of likely N-dealkylation sites (tertiary alicyclic amines) is 1. The first-order chi connectivity index (χ1) is 4.37. The standard InChI is InChI=1S/C7H13NO/c1-2-8-4-3-7(8)5-9-6-7/h2-6H2,1H3. The Kier molecular flexibility index (Phi) is 1.08. The van der Waals surface area contributed by atoms with Crippen molar-refractivity contribution in [3.8, 4) is 0 Å². The third kappa shape index (κ3) is 0.578. The molecule has 2 saturated heterocycles. The molecule has 52 valence electrons. The first-order valence-electron chi connectivity index (χ1n) is 3.70. The van der Waals surface area contributed by atoms with Gasteiger partial charge in [-0.25, -0.2) is 0 Å². The zero-order chi connectivity index (χ0) is 6.32. The Labute approximate surface area is 55.8 Å². The molecule has 2 heterocycles. The van der Waals surface area contributed by atoms with Crippen molar-refractivity contribution in [2.75, 3.05) is 26.3 Å². The van der Waals surface area contributed by atoms with E-state index in [0.29, 0.717) is 5.54 Å². The summed E-state index contributed by atoms with van der Waals surface area (Å²) in [6.07, 6.45) is 1.36. The monoisotopic (exact) mass is 127 g/mol. The second-order valence-corrected chi connectivity index (χ2v) is 3.05. The zero-order valence-electron chi connectivity index (χ0n) is 5.89. The van der Waals surface area contributed by atoms with Crippen molar-refractivity contribution in [1.82, 2.24) is 4.90 Å². The SMILES string of the molecule is CCN1CCC12COC2. The van der Waals surface area contributed by atoms with E-state index in [-0.39, 0.29) is 0 Å². The zero-order valence-corrected chi connectivity index (χ0v) is 5.89. The lowest BCUT2D eigenvalue weighted by Gasteiger charge is -2.57. The first kappa shape index (κ1) is 5.69. The van der Waals surface area contributed by atoms with Gasteiger partial charge in [0.15, 0.2) is 0 Å². The van der Waals surface area contributed by atoms with Crippen LogP contribution in [-0.4, -0.2) is 36.7 Å². The molecule has 0 N–H and O–H groups in total. The fourth-order valence-corrected chi connectivity index (χ4v) is 1.74. The van der Waals surface area contributed by atoms with Crippen molar-refractivity contribution < 1.29 is 4.74 Å². The van der Waals surface area contributed by atoms with Gasteiger partial charge in [0, 0.05) is 6.54 Å². The maximum absolute atomic E-state index is 5.17. The highest BCUT2D eigenvalue weighted by atomic mass is 16.5. The lowest BCUT2D eigenvalue weighted by Crippen LogP contribution is -2.70. The molecule has 2 rings (SSSR count). The minimum absolute atomic E-state index is 0.523. The molecule has 2 aliphatic heterocycles. The van der Waals surface area contributed by atoms with Gasteiger partial charge in [-0.1, -0.05) is 6.92 Å². The Morgan fingerprint density at radius 3 is 2.44 bits per heavy atom. The van der Waals surface area contributed by atoms with Crippen LogP contribution in [-0.2, 0) is 4.74 Å². The molecular weight excluding hydrogens is 114 g/mol. The molecule has 0 aromatic carbocycles. The molecule has 2 nitrogen and oxygen atoms in total. The maximum Gasteiger partial charge on any atom is 0.0690 e. The van der Waals surface area contributed by atoms with Gasteiger partial charge in [0.25, 0.3) is 0 Å². The second kappa shape index (κ2) is 1.70. The van der Waals surface area contributed by atoms with E-state index in [9.17, 15) is 0 Å². The Hall–Kier alpha value is -0.0800. The number of likely N-dealkylation sites (N-methyl/N-ethyl adjacent to an activating group) is 1. The van der Waals surface area contributed by atoms with E-state index < -0.39 is 0 Å². The number of ether oxygens (including phenoxy) is 1. The third-order valence-electron chi connectivity index (χ3n) is 2.64. The summed E-state index contributed by atoms with van der Waals surface area (Å²) in [5.74, 6) is 0. The van der Waals surface area contributed by atoms with Crippen LogP contribution in [0.1, 0.15) is 13.3 Å². The molecule has 0 bridgehead atoms. The smallest absolute Gasteiger partial charge is 0.0690 e. The van der Waals surface area contributed by atoms with Crippen LogP contribution in [0.4, 0.5) is 0 Å². The number of hydrogen-bond donors (Lipinski definition) is 0. The lowest BCUT2D eigenvalue weighted by atomic mass is 9.83. The highest BCUT2D eigenvalue weighted by Gasteiger charge is 2.49. The molecule has 0 aliphatic carbocycles. The molecule has 2 heteroatoms. The molecule has 0 aromatic rings. The summed E-state index contributed by atoms with van der Waals surface area (Å²) in [6.45, 7) is 6.68. The molecule has 0 aromatic heterocycles. The lowest BCUT2D eigenvalue weighted by molar-refractivity contribution is -0.190. The second-order valence-electron chi connectivity index (χ2n) is 3.05. The van der Waals surface area contributed by atoms with Crippen LogP contribution in [0.15, 0.2) is 0 Å². The Bertz CT molecular complexity index is 113. The van der Waals surface area contributed by atoms with Crippen molar-refractivity contribution >= 4 is 0 Å². The molecule has 2 fully saturated rings. The largest absolute Gasteiger partial charge is 0.377 e. The van der Waals surface area contributed by atoms with Gasteiger partial charge < -0.3 is 4.74 Å². The van der Waals surface area contributed by atoms with Gasteiger partial charge in [-0.15, -0.1) is 0 Å². The molecule has 2 aliphatic rings. The third-order valence-corrected chi connectivity index (χ3v) is 2.64. The van der Waals surface area contributed by atoms with Crippen LogP contribution in [0.5, 0.6) is 0 Å². The van der Waals surface area contributed by atoms with Crippen LogP contribution >= 0.6 is 0 Å². The fourth-order valence-electron chi connectivity index (χ4n) is 1.74. The Morgan fingerprint density at radius 2 is 2.33 bits per heavy atom. The topological polar surface area (TPSA) is 12.5 Å². The van der Waals surface area contributed by atoms with Crippen molar-refractivity contribution in [3.63, 3.8) is 0 Å². The summed E-state index contributed by atoms with van der Waals surface area (Å²) in [5.41, 5.74) is 0.523. The number of rotatable bonds is 1. The average molecular weight is 127 g/mol. The molecular formula is C7H13NO. The highest BCUT2D eigenvalue weighted by Crippen LogP contribution is 2.36. The molecule has 0 atom stereocenters. The maximum atomic E-state index is 5.17. The van der Waals surface area contributed by atoms with E-state index in [1.807, 2.05) is 0 Å². The van der Waals surface area contributed by atoms with Crippen LogP contribution in [0.3, 0.4) is 0 Å². The molecule has 0 radical (unpaired) electrons. The van der Waals surface area contributed by atoms with Crippen LogP contribution in [0.2, 0.25) is 0 Å². The normalized spacial score (nSPS) is 31.7. The van der Waals surface area contributed by atoms with Crippen molar-refractivity contribution in [3.05, 3.63) is 0 Å². The van der Waals surface area contributed by atoms with Gasteiger partial charge >= 0.3 is 0 Å². The molecule has 0 saturated carbocycles. The van der Waals surface area contributed by atoms with Gasteiger partial charge in [0.2, 0.25) is 0 Å². The van der Waals surface area contributed by atoms with Gasteiger partial charge in [0.05, 0.1) is 18.8 Å². The summed E-state index contributed by atoms with van der Waals surface area (Å²) in [4.78, 5) is 2.51. The quantitative estimate of drug-likeness (QED) is 0.508. The summed E-state index contributed by atoms with van der Waals surface area (Å²) in [5, 5.41) is 0. The van der Waals surface area contributed by atoms with E-state index in [1.165, 1.54) is 19.5 Å². The summed E-state index contributed by atoms with van der Waals surface area (Å²) >= 11 is 0. The van der Waals surface area contributed by atoms with E-state index >= 15 is 0 Å². The van der Waals surface area contributed by atoms with Crippen molar-refractivity contribution in [2.45, 2.75) is 18.9 Å². The summed E-state index contributed by atoms with van der Waals surface area (Å²) < 4.78 is 5.17. The van der Waals surface area contributed by atoms with E-state index in [0.717, 1.165) is 13.2 Å². The fraction of sp³-hybridized carbons (Fsp3) is 1.00. The van der Waals surface area contributed by atoms with Gasteiger partial charge in [-0.3, -0.25) is 4.90 Å². The summed E-state index contributed by atoms with van der Waals surface area (Å²) in [7, 11) is 0. The van der Waals surface area contributed by atoms with Crippen LogP contribution in [0, 0.1) is 0 Å². The Morgan fingerprint density at radius 1 is 1.56 bits per heavy atom. The predicted octanol–water partition coefficient (Wildman–Crippen LogP) is 0.481. The minimum atomic E-state index is 0.523.